The van der Waals surface area contributed by atoms with E-state index in [1.165, 1.54) is 33.5 Å². The van der Waals surface area contributed by atoms with Gasteiger partial charge in [-0.1, -0.05) is 84.4 Å². The first kappa shape index (κ1) is 23.0. The van der Waals surface area contributed by atoms with E-state index in [2.05, 4.69) is 77.9 Å². The molecule has 34 heavy (non-hydrogen) atoms. The predicted molar refractivity (Wildman–Crippen MR) is 141 cm³/mol. The van der Waals surface area contributed by atoms with Crippen LogP contribution in [0, 0.1) is 17.8 Å². The molecule has 0 aliphatic heterocycles. The molecule has 3 unspecified atom stereocenters. The Kier molecular flexibility index (Phi) is 5.70. The third-order valence-electron chi connectivity index (χ3n) is 7.78. The van der Waals surface area contributed by atoms with Crippen molar-refractivity contribution >= 4 is 38.5 Å². The molecule has 0 N–H and O–H groups in total. The van der Waals surface area contributed by atoms with Gasteiger partial charge < -0.3 is 9.47 Å². The van der Waals surface area contributed by atoms with Crippen molar-refractivity contribution in [3.63, 3.8) is 0 Å². The number of hydrogen-bond acceptors (Lipinski definition) is 3. The number of rotatable bonds is 3. The van der Waals surface area contributed by atoms with Gasteiger partial charge in [0.05, 0.1) is 0 Å². The first-order chi connectivity index (χ1) is 16.1. The first-order valence-electron chi connectivity index (χ1n) is 12.7. The van der Waals surface area contributed by atoms with Crippen LogP contribution >= 0.6 is 0 Å². The maximum atomic E-state index is 12.8. The number of carbonyl (C=O) groups is 1. The van der Waals surface area contributed by atoms with Crippen molar-refractivity contribution in [3.8, 4) is 5.75 Å². The molecule has 4 aromatic carbocycles. The van der Waals surface area contributed by atoms with Crippen molar-refractivity contribution in [2.24, 2.45) is 17.8 Å². The molecule has 3 atom stereocenters. The van der Waals surface area contributed by atoms with Gasteiger partial charge in [-0.15, -0.1) is 0 Å². The summed E-state index contributed by atoms with van der Waals surface area (Å²) in [4.78, 5) is 12.8. The summed E-state index contributed by atoms with van der Waals surface area (Å²) >= 11 is 0. The third-order valence-corrected chi connectivity index (χ3v) is 7.78. The predicted octanol–water partition coefficient (Wildman–Crippen LogP) is 8.86. The Bertz CT molecular complexity index is 1280. The summed E-state index contributed by atoms with van der Waals surface area (Å²) < 4.78 is 11.6. The number of ether oxygens (including phenoxy) is 2. The van der Waals surface area contributed by atoms with Crippen LogP contribution in [0.4, 0.5) is 4.79 Å². The molecular weight excluding hydrogens is 420 g/mol. The van der Waals surface area contributed by atoms with Crippen molar-refractivity contribution < 1.29 is 14.3 Å². The normalized spacial score (nSPS) is 21.6. The first-order valence-corrected chi connectivity index (χ1v) is 12.7. The lowest BCUT2D eigenvalue weighted by molar-refractivity contribution is -0.0136. The minimum atomic E-state index is -0.590. The fourth-order valence-electron chi connectivity index (χ4n) is 5.80. The van der Waals surface area contributed by atoms with Crippen molar-refractivity contribution in [3.05, 3.63) is 54.1 Å². The average molecular weight is 457 g/mol. The molecule has 0 saturated heterocycles. The second-order valence-corrected chi connectivity index (χ2v) is 11.8. The minimum Gasteiger partial charge on any atom is -0.430 e. The summed E-state index contributed by atoms with van der Waals surface area (Å²) in [6.07, 6.45) is 2.56. The van der Waals surface area contributed by atoms with E-state index in [0.29, 0.717) is 23.5 Å². The molecule has 0 aromatic heterocycles. The molecule has 0 spiro atoms. The molecule has 178 valence electrons. The zero-order valence-corrected chi connectivity index (χ0v) is 21.3. The van der Waals surface area contributed by atoms with Crippen LogP contribution in [0.2, 0.25) is 0 Å². The summed E-state index contributed by atoms with van der Waals surface area (Å²) in [6.45, 7) is 13.4. The topological polar surface area (TPSA) is 35.5 Å². The zero-order chi connectivity index (χ0) is 24.2. The second kappa shape index (κ2) is 8.45. The molecule has 0 heterocycles. The Balaban J connectivity index is 1.45. The van der Waals surface area contributed by atoms with Crippen LogP contribution in [0.3, 0.4) is 0 Å². The highest BCUT2D eigenvalue weighted by molar-refractivity contribution is 6.23. The Hall–Kier alpha value is -2.81. The van der Waals surface area contributed by atoms with Gasteiger partial charge in [0.2, 0.25) is 0 Å². The van der Waals surface area contributed by atoms with Gasteiger partial charge in [-0.25, -0.2) is 4.79 Å². The third kappa shape index (κ3) is 4.21. The quantitative estimate of drug-likeness (QED) is 0.175. The Morgan fingerprint density at radius 2 is 1.41 bits per heavy atom. The number of hydrogen-bond donors (Lipinski definition) is 0. The molecule has 1 aliphatic carbocycles. The van der Waals surface area contributed by atoms with Gasteiger partial charge in [0.25, 0.3) is 0 Å². The summed E-state index contributed by atoms with van der Waals surface area (Å²) in [7, 11) is 0. The standard InChI is InChI=1S/C31H36O3/c1-18(2)26-12-7-19(3)13-27(26)34-30(32)33-25-16-22-10-8-20-14-24(31(4,5)6)15-21-9-11-23(17-25)29(22)28(20)21/h8-11,14-19,26-27H,7,12-13H2,1-6H3. The Morgan fingerprint density at radius 1 is 0.882 bits per heavy atom. The molecule has 4 aromatic rings. The zero-order valence-electron chi connectivity index (χ0n) is 21.3. The van der Waals surface area contributed by atoms with Crippen molar-refractivity contribution in [2.75, 3.05) is 0 Å². The minimum absolute atomic E-state index is 0.0709. The van der Waals surface area contributed by atoms with Crippen LogP contribution in [0.5, 0.6) is 5.75 Å². The summed E-state index contributed by atoms with van der Waals surface area (Å²) in [6, 6.07) is 17.2. The van der Waals surface area contributed by atoms with Crippen LogP contribution in [0.15, 0.2) is 48.5 Å². The lowest BCUT2D eigenvalue weighted by Crippen LogP contribution is -2.36. The van der Waals surface area contributed by atoms with Crippen molar-refractivity contribution in [2.45, 2.75) is 72.3 Å². The Labute approximate surface area is 202 Å². The highest BCUT2D eigenvalue weighted by atomic mass is 16.7. The summed E-state index contributed by atoms with van der Waals surface area (Å²) in [5.74, 6) is 2.00. The molecule has 1 fully saturated rings. The van der Waals surface area contributed by atoms with Crippen LogP contribution in [-0.2, 0) is 10.2 Å². The smallest absolute Gasteiger partial charge is 0.430 e. The van der Waals surface area contributed by atoms with Crippen LogP contribution in [-0.4, -0.2) is 12.3 Å². The van der Waals surface area contributed by atoms with E-state index < -0.39 is 6.16 Å². The van der Waals surface area contributed by atoms with E-state index in [-0.39, 0.29) is 11.5 Å². The molecule has 1 saturated carbocycles. The lowest BCUT2D eigenvalue weighted by atomic mass is 9.75. The molecule has 0 radical (unpaired) electrons. The van der Waals surface area contributed by atoms with E-state index in [9.17, 15) is 4.79 Å². The van der Waals surface area contributed by atoms with Crippen molar-refractivity contribution in [1.29, 1.82) is 0 Å². The van der Waals surface area contributed by atoms with E-state index in [0.717, 1.165) is 23.6 Å². The highest BCUT2D eigenvalue weighted by Crippen LogP contribution is 2.40. The van der Waals surface area contributed by atoms with E-state index in [1.807, 2.05) is 12.1 Å². The molecular formula is C31H36O3. The Morgan fingerprint density at radius 3 is 1.91 bits per heavy atom. The average Bonchev–Trinajstić information content (AvgIpc) is 2.76. The summed E-state index contributed by atoms with van der Waals surface area (Å²) in [5.41, 5.74) is 1.43. The van der Waals surface area contributed by atoms with Gasteiger partial charge in [-0.05, 0) is 86.0 Å². The van der Waals surface area contributed by atoms with Gasteiger partial charge in [-0.3, -0.25) is 0 Å². The van der Waals surface area contributed by atoms with Gasteiger partial charge >= 0.3 is 6.16 Å². The molecule has 3 nitrogen and oxygen atoms in total. The fraction of sp³-hybridized carbons (Fsp3) is 0.452. The van der Waals surface area contributed by atoms with Crippen molar-refractivity contribution in [1.82, 2.24) is 0 Å². The molecule has 0 bridgehead atoms. The van der Waals surface area contributed by atoms with Gasteiger partial charge in [0.15, 0.2) is 0 Å². The largest absolute Gasteiger partial charge is 0.514 e. The molecule has 3 heteroatoms. The second-order valence-electron chi connectivity index (χ2n) is 11.8. The molecule has 1 aliphatic rings. The van der Waals surface area contributed by atoms with Crippen LogP contribution in [0.1, 0.15) is 66.4 Å². The van der Waals surface area contributed by atoms with Gasteiger partial charge in [0.1, 0.15) is 11.9 Å². The van der Waals surface area contributed by atoms with Gasteiger partial charge in [0, 0.05) is 0 Å². The maximum Gasteiger partial charge on any atom is 0.514 e. The maximum absolute atomic E-state index is 12.8. The SMILES string of the molecule is CC1CCC(C(C)C)C(OC(=O)Oc2cc3ccc4cc(C(C)(C)C)cc5ccc(c2)c3c45)C1. The fourth-order valence-corrected chi connectivity index (χ4v) is 5.80. The number of carbonyl (C=O) groups excluding carboxylic acids is 1. The molecule has 5 rings (SSSR count). The van der Waals surface area contributed by atoms with Crippen LogP contribution in [0.25, 0.3) is 32.3 Å². The van der Waals surface area contributed by atoms with E-state index in [1.54, 1.807) is 0 Å². The van der Waals surface area contributed by atoms with E-state index >= 15 is 0 Å². The molecule has 0 amide bonds. The van der Waals surface area contributed by atoms with Gasteiger partial charge in [-0.2, -0.15) is 0 Å². The van der Waals surface area contributed by atoms with Crippen LogP contribution < -0.4 is 4.74 Å². The highest BCUT2D eigenvalue weighted by Gasteiger charge is 2.34. The number of benzene rings is 4. The van der Waals surface area contributed by atoms with E-state index in [4.69, 9.17) is 9.47 Å². The summed E-state index contributed by atoms with van der Waals surface area (Å²) in [5, 5.41) is 7.14. The lowest BCUT2D eigenvalue weighted by Gasteiger charge is -2.36. The monoisotopic (exact) mass is 456 g/mol.